The highest BCUT2D eigenvalue weighted by Gasteiger charge is 2.15. The van der Waals surface area contributed by atoms with Crippen molar-refractivity contribution in [1.82, 2.24) is 14.8 Å². The molecule has 0 aromatic carbocycles. The van der Waals surface area contributed by atoms with Crippen LogP contribution >= 0.6 is 0 Å². The molecule has 2 aromatic rings. The van der Waals surface area contributed by atoms with Gasteiger partial charge >= 0.3 is 0 Å². The van der Waals surface area contributed by atoms with Gasteiger partial charge in [0.1, 0.15) is 5.56 Å². The van der Waals surface area contributed by atoms with E-state index in [0.717, 1.165) is 17.1 Å². The van der Waals surface area contributed by atoms with Crippen LogP contribution in [0.5, 0.6) is 0 Å². The van der Waals surface area contributed by atoms with Gasteiger partial charge in [0.15, 0.2) is 5.43 Å². The van der Waals surface area contributed by atoms with E-state index in [-0.39, 0.29) is 11.0 Å². The Bertz CT molecular complexity index is 697. The SMILES string of the molecule is Cc1cc(=O)c(C(=O)Nc2c(C)nn(C)c2C)c[nH]1. The summed E-state index contributed by atoms with van der Waals surface area (Å²) in [5.41, 5.74) is 2.72. The van der Waals surface area contributed by atoms with E-state index in [0.29, 0.717) is 5.69 Å². The highest BCUT2D eigenvalue weighted by Crippen LogP contribution is 2.18. The third kappa shape index (κ3) is 2.42. The fourth-order valence-electron chi connectivity index (χ4n) is 1.89. The van der Waals surface area contributed by atoms with E-state index in [4.69, 9.17) is 0 Å². The fraction of sp³-hybridized carbons (Fsp3) is 0.308. The number of carbonyl (C=O) groups excluding carboxylic acids is 1. The van der Waals surface area contributed by atoms with Gasteiger partial charge in [0.05, 0.1) is 17.1 Å². The maximum Gasteiger partial charge on any atom is 0.261 e. The zero-order valence-electron chi connectivity index (χ0n) is 11.4. The van der Waals surface area contributed by atoms with Crippen LogP contribution < -0.4 is 10.7 Å². The van der Waals surface area contributed by atoms with Crippen molar-refractivity contribution in [2.75, 3.05) is 5.32 Å². The average Bonchev–Trinajstić information content (AvgIpc) is 2.56. The van der Waals surface area contributed by atoms with Crippen LogP contribution in [0.25, 0.3) is 0 Å². The van der Waals surface area contributed by atoms with Crippen LogP contribution in [0.3, 0.4) is 0 Å². The van der Waals surface area contributed by atoms with Crippen molar-refractivity contribution in [3.63, 3.8) is 0 Å². The van der Waals surface area contributed by atoms with Gasteiger partial charge in [-0.15, -0.1) is 0 Å². The van der Waals surface area contributed by atoms with Gasteiger partial charge in [0.2, 0.25) is 0 Å². The van der Waals surface area contributed by atoms with Gasteiger partial charge < -0.3 is 10.3 Å². The summed E-state index contributed by atoms with van der Waals surface area (Å²) in [6.45, 7) is 5.43. The van der Waals surface area contributed by atoms with Crippen LogP contribution in [-0.4, -0.2) is 20.7 Å². The lowest BCUT2D eigenvalue weighted by molar-refractivity contribution is 0.102. The number of nitrogens with one attached hydrogen (secondary N) is 2. The molecule has 1 amide bonds. The Kier molecular flexibility index (Phi) is 3.25. The average molecular weight is 260 g/mol. The molecule has 2 heterocycles. The van der Waals surface area contributed by atoms with Gasteiger partial charge in [-0.3, -0.25) is 14.3 Å². The molecule has 0 saturated heterocycles. The Morgan fingerprint density at radius 3 is 2.58 bits per heavy atom. The van der Waals surface area contributed by atoms with Crippen LogP contribution in [0, 0.1) is 20.8 Å². The standard InChI is InChI=1S/C13H16N4O2/c1-7-5-11(18)10(6-14-7)13(19)15-12-8(2)16-17(4)9(12)3/h5-6H,1-4H3,(H,14,18)(H,15,19). The molecule has 0 saturated carbocycles. The zero-order valence-corrected chi connectivity index (χ0v) is 11.4. The number of pyridine rings is 1. The molecule has 6 nitrogen and oxygen atoms in total. The lowest BCUT2D eigenvalue weighted by Gasteiger charge is -2.05. The molecule has 6 heteroatoms. The minimum absolute atomic E-state index is 0.0910. The Balaban J connectivity index is 2.33. The fourth-order valence-corrected chi connectivity index (χ4v) is 1.89. The summed E-state index contributed by atoms with van der Waals surface area (Å²) in [7, 11) is 1.80. The maximum atomic E-state index is 12.1. The summed E-state index contributed by atoms with van der Waals surface area (Å²) in [5, 5.41) is 6.94. The van der Waals surface area contributed by atoms with Gasteiger partial charge in [-0.2, -0.15) is 5.10 Å². The van der Waals surface area contributed by atoms with Gasteiger partial charge in [0.25, 0.3) is 5.91 Å². The molecular formula is C13H16N4O2. The summed E-state index contributed by atoms with van der Waals surface area (Å²) < 4.78 is 1.68. The minimum atomic E-state index is -0.430. The Hall–Kier alpha value is -2.37. The highest BCUT2D eigenvalue weighted by molar-refractivity contribution is 6.04. The van der Waals surface area contributed by atoms with Gasteiger partial charge in [-0.05, 0) is 20.8 Å². The van der Waals surface area contributed by atoms with Crippen LogP contribution in [0.2, 0.25) is 0 Å². The molecule has 0 radical (unpaired) electrons. The molecule has 0 aliphatic carbocycles. The smallest absolute Gasteiger partial charge is 0.261 e. The molecule has 0 unspecified atom stereocenters. The van der Waals surface area contributed by atoms with Crippen molar-refractivity contribution < 1.29 is 4.79 Å². The Morgan fingerprint density at radius 2 is 2.05 bits per heavy atom. The second-order valence-corrected chi connectivity index (χ2v) is 4.52. The van der Waals surface area contributed by atoms with E-state index >= 15 is 0 Å². The molecule has 0 spiro atoms. The van der Waals surface area contributed by atoms with Gasteiger partial charge in [0, 0.05) is 25.0 Å². The van der Waals surface area contributed by atoms with Crippen LogP contribution in [0.4, 0.5) is 5.69 Å². The van der Waals surface area contributed by atoms with E-state index < -0.39 is 5.91 Å². The molecule has 2 aromatic heterocycles. The van der Waals surface area contributed by atoms with E-state index in [1.807, 2.05) is 13.8 Å². The predicted molar refractivity (Wildman–Crippen MR) is 72.4 cm³/mol. The molecule has 2 N–H and O–H groups in total. The van der Waals surface area contributed by atoms with Gasteiger partial charge in [-0.1, -0.05) is 0 Å². The number of aromatic nitrogens is 3. The number of carbonyl (C=O) groups is 1. The molecule has 0 aliphatic rings. The lowest BCUT2D eigenvalue weighted by atomic mass is 10.2. The molecule has 0 bridgehead atoms. The van der Waals surface area contributed by atoms with Crippen molar-refractivity contribution in [3.8, 4) is 0 Å². The second-order valence-electron chi connectivity index (χ2n) is 4.52. The topological polar surface area (TPSA) is 79.8 Å². The molecule has 0 atom stereocenters. The summed E-state index contributed by atoms with van der Waals surface area (Å²) in [6.07, 6.45) is 1.42. The number of nitrogens with zero attached hydrogens (tertiary/aromatic N) is 2. The molecule has 19 heavy (non-hydrogen) atoms. The van der Waals surface area contributed by atoms with E-state index in [1.54, 1.807) is 18.7 Å². The first-order chi connectivity index (χ1) is 8.90. The quantitative estimate of drug-likeness (QED) is 0.853. The van der Waals surface area contributed by atoms with Crippen LogP contribution in [-0.2, 0) is 7.05 Å². The minimum Gasteiger partial charge on any atom is -0.364 e. The van der Waals surface area contributed by atoms with E-state index in [9.17, 15) is 9.59 Å². The number of anilines is 1. The summed E-state index contributed by atoms with van der Waals surface area (Å²) in [6, 6.07) is 1.40. The number of aryl methyl sites for hydroxylation is 3. The van der Waals surface area contributed by atoms with E-state index in [2.05, 4.69) is 15.4 Å². The number of hydrogen-bond acceptors (Lipinski definition) is 3. The summed E-state index contributed by atoms with van der Waals surface area (Å²) >= 11 is 0. The normalized spacial score (nSPS) is 10.5. The number of H-pyrrole nitrogens is 1. The summed E-state index contributed by atoms with van der Waals surface area (Å²) in [4.78, 5) is 26.7. The lowest BCUT2D eigenvalue weighted by Crippen LogP contribution is -2.22. The van der Waals surface area contributed by atoms with Gasteiger partial charge in [-0.25, -0.2) is 0 Å². The second kappa shape index (κ2) is 4.72. The predicted octanol–water partition coefficient (Wildman–Crippen LogP) is 1.29. The molecule has 100 valence electrons. The van der Waals surface area contributed by atoms with Crippen molar-refractivity contribution in [3.05, 3.63) is 45.1 Å². The molecule has 0 fully saturated rings. The first-order valence-corrected chi connectivity index (χ1v) is 5.91. The third-order valence-corrected chi connectivity index (χ3v) is 3.05. The monoisotopic (exact) mass is 260 g/mol. The number of rotatable bonds is 2. The van der Waals surface area contributed by atoms with Crippen molar-refractivity contribution in [2.24, 2.45) is 7.05 Å². The van der Waals surface area contributed by atoms with Crippen molar-refractivity contribution in [1.29, 1.82) is 0 Å². The summed E-state index contributed by atoms with van der Waals surface area (Å²) in [5.74, 6) is -0.430. The largest absolute Gasteiger partial charge is 0.364 e. The Labute approximate surface area is 110 Å². The zero-order chi connectivity index (χ0) is 14.2. The molecular weight excluding hydrogens is 244 g/mol. The van der Waals surface area contributed by atoms with E-state index in [1.165, 1.54) is 12.3 Å². The first-order valence-electron chi connectivity index (χ1n) is 5.91. The number of amides is 1. The van der Waals surface area contributed by atoms with Crippen LogP contribution in [0.1, 0.15) is 27.4 Å². The number of aromatic amines is 1. The van der Waals surface area contributed by atoms with Crippen molar-refractivity contribution in [2.45, 2.75) is 20.8 Å². The molecule has 2 rings (SSSR count). The van der Waals surface area contributed by atoms with Crippen LogP contribution in [0.15, 0.2) is 17.1 Å². The highest BCUT2D eigenvalue weighted by atomic mass is 16.2. The van der Waals surface area contributed by atoms with Crippen molar-refractivity contribution >= 4 is 11.6 Å². The maximum absolute atomic E-state index is 12.1. The molecule has 0 aliphatic heterocycles. The Morgan fingerprint density at radius 1 is 1.37 bits per heavy atom. The first kappa shape index (κ1) is 13.1. The third-order valence-electron chi connectivity index (χ3n) is 3.05. The number of hydrogen-bond donors (Lipinski definition) is 2.